The molecule has 1 saturated heterocycles. The molecule has 1 amide bonds. The van der Waals surface area contributed by atoms with Crippen LogP contribution in [0.25, 0.3) is 0 Å². The smallest absolute Gasteiger partial charge is 0.256 e. The number of carbonyl (C=O) groups is 1. The zero-order valence-electron chi connectivity index (χ0n) is 11.2. The third-order valence-electron chi connectivity index (χ3n) is 3.04. The highest BCUT2D eigenvalue weighted by Gasteiger charge is 2.20. The van der Waals surface area contributed by atoms with Crippen LogP contribution in [-0.4, -0.2) is 43.7 Å². The number of halogens is 1. The number of ether oxygens (including phenoxy) is 1. The molecular weight excluding hydrogens is 259 g/mol. The topological polar surface area (TPSA) is 55.6 Å². The number of benzene rings is 1. The van der Waals surface area contributed by atoms with E-state index in [1.165, 1.54) is 12.1 Å². The van der Waals surface area contributed by atoms with E-state index in [4.69, 9.17) is 10.5 Å². The molecule has 0 radical (unpaired) electrons. The SMILES string of the molecule is NCC#Cc1ccc(F)c(C(=O)N2CCCOCC2)c1. The van der Waals surface area contributed by atoms with E-state index in [-0.39, 0.29) is 18.0 Å². The van der Waals surface area contributed by atoms with Crippen molar-refractivity contribution in [2.24, 2.45) is 5.73 Å². The van der Waals surface area contributed by atoms with E-state index in [9.17, 15) is 9.18 Å². The van der Waals surface area contributed by atoms with E-state index in [1.54, 1.807) is 11.0 Å². The van der Waals surface area contributed by atoms with Gasteiger partial charge in [0, 0.05) is 25.3 Å². The minimum absolute atomic E-state index is 0.0516. The molecule has 4 nitrogen and oxygen atoms in total. The van der Waals surface area contributed by atoms with Gasteiger partial charge in [0.15, 0.2) is 0 Å². The molecule has 1 aromatic carbocycles. The van der Waals surface area contributed by atoms with Gasteiger partial charge in [-0.2, -0.15) is 0 Å². The first-order chi connectivity index (χ1) is 9.72. The average Bonchev–Trinajstić information content (AvgIpc) is 2.75. The van der Waals surface area contributed by atoms with E-state index in [1.807, 2.05) is 0 Å². The van der Waals surface area contributed by atoms with Crippen LogP contribution in [-0.2, 0) is 4.74 Å². The Bertz CT molecular complexity index is 541. The van der Waals surface area contributed by atoms with Gasteiger partial charge in [-0.3, -0.25) is 4.79 Å². The van der Waals surface area contributed by atoms with Crippen LogP contribution in [0.1, 0.15) is 22.3 Å². The van der Waals surface area contributed by atoms with E-state index in [2.05, 4.69) is 11.8 Å². The van der Waals surface area contributed by atoms with Gasteiger partial charge in [-0.25, -0.2) is 4.39 Å². The van der Waals surface area contributed by atoms with Crippen molar-refractivity contribution in [1.82, 2.24) is 4.90 Å². The molecule has 5 heteroatoms. The minimum Gasteiger partial charge on any atom is -0.380 e. The zero-order valence-corrected chi connectivity index (χ0v) is 11.2. The summed E-state index contributed by atoms with van der Waals surface area (Å²) in [6.07, 6.45) is 0.764. The highest BCUT2D eigenvalue weighted by molar-refractivity contribution is 5.94. The van der Waals surface area contributed by atoms with Crippen molar-refractivity contribution in [3.63, 3.8) is 0 Å². The lowest BCUT2D eigenvalue weighted by Crippen LogP contribution is -2.33. The van der Waals surface area contributed by atoms with Crippen molar-refractivity contribution in [3.8, 4) is 11.8 Å². The molecular formula is C15H17FN2O2. The second-order valence-corrected chi connectivity index (χ2v) is 4.46. The fraction of sp³-hybridized carbons (Fsp3) is 0.400. The highest BCUT2D eigenvalue weighted by atomic mass is 19.1. The molecule has 1 aliphatic rings. The molecule has 0 saturated carbocycles. The Morgan fingerprint density at radius 1 is 1.40 bits per heavy atom. The lowest BCUT2D eigenvalue weighted by Gasteiger charge is -2.20. The normalized spacial score (nSPS) is 15.2. The van der Waals surface area contributed by atoms with Gasteiger partial charge in [0.2, 0.25) is 0 Å². The molecule has 0 atom stereocenters. The van der Waals surface area contributed by atoms with Crippen LogP contribution >= 0.6 is 0 Å². The summed E-state index contributed by atoms with van der Waals surface area (Å²) in [7, 11) is 0. The Morgan fingerprint density at radius 2 is 2.25 bits per heavy atom. The molecule has 106 valence electrons. The molecule has 0 spiro atoms. The van der Waals surface area contributed by atoms with Gasteiger partial charge in [-0.15, -0.1) is 0 Å². The van der Waals surface area contributed by atoms with Crippen molar-refractivity contribution in [2.75, 3.05) is 32.8 Å². The third kappa shape index (κ3) is 3.56. The first-order valence-corrected chi connectivity index (χ1v) is 6.58. The largest absolute Gasteiger partial charge is 0.380 e. The molecule has 0 aliphatic carbocycles. The van der Waals surface area contributed by atoms with Crippen molar-refractivity contribution in [2.45, 2.75) is 6.42 Å². The standard InChI is InChI=1S/C15H17FN2O2/c16-14-5-4-12(3-1-6-17)11-13(14)15(19)18-7-2-9-20-10-8-18/h4-5,11H,2,6-10,17H2. The minimum atomic E-state index is -0.529. The van der Waals surface area contributed by atoms with Gasteiger partial charge < -0.3 is 15.4 Å². The molecule has 0 aromatic heterocycles. The summed E-state index contributed by atoms with van der Waals surface area (Å²) in [5.41, 5.74) is 5.94. The summed E-state index contributed by atoms with van der Waals surface area (Å²) < 4.78 is 19.1. The number of nitrogens with two attached hydrogens (primary N) is 1. The molecule has 2 N–H and O–H groups in total. The second kappa shape index (κ2) is 7.04. The highest BCUT2D eigenvalue weighted by Crippen LogP contribution is 2.14. The summed E-state index contributed by atoms with van der Waals surface area (Å²) in [5, 5.41) is 0. The number of hydrogen-bond acceptors (Lipinski definition) is 3. The summed E-state index contributed by atoms with van der Waals surface area (Å²) in [6, 6.07) is 4.29. The maximum atomic E-state index is 13.8. The Balaban J connectivity index is 2.23. The van der Waals surface area contributed by atoms with Crippen molar-refractivity contribution in [1.29, 1.82) is 0 Å². The fourth-order valence-corrected chi connectivity index (χ4v) is 2.04. The van der Waals surface area contributed by atoms with E-state index >= 15 is 0 Å². The number of rotatable bonds is 1. The van der Waals surface area contributed by atoms with Crippen LogP contribution < -0.4 is 5.73 Å². The van der Waals surface area contributed by atoms with Gasteiger partial charge >= 0.3 is 0 Å². The molecule has 0 bridgehead atoms. The first kappa shape index (κ1) is 14.5. The molecule has 0 unspecified atom stereocenters. The average molecular weight is 276 g/mol. The second-order valence-electron chi connectivity index (χ2n) is 4.46. The summed E-state index contributed by atoms with van der Waals surface area (Å²) in [5.74, 6) is 4.65. The number of amides is 1. The van der Waals surface area contributed by atoms with Crippen molar-refractivity contribution < 1.29 is 13.9 Å². The van der Waals surface area contributed by atoms with Gasteiger partial charge in [0.25, 0.3) is 5.91 Å². The Morgan fingerprint density at radius 3 is 3.05 bits per heavy atom. The molecule has 1 aromatic rings. The monoisotopic (exact) mass is 276 g/mol. The molecule has 1 fully saturated rings. The number of nitrogens with zero attached hydrogens (tertiary/aromatic N) is 1. The lowest BCUT2D eigenvalue weighted by molar-refractivity contribution is 0.0736. The molecule has 1 heterocycles. The van der Waals surface area contributed by atoms with Crippen LogP contribution in [0.15, 0.2) is 18.2 Å². The third-order valence-corrected chi connectivity index (χ3v) is 3.04. The first-order valence-electron chi connectivity index (χ1n) is 6.58. The van der Waals surface area contributed by atoms with Crippen LogP contribution in [0.5, 0.6) is 0 Å². The van der Waals surface area contributed by atoms with Gasteiger partial charge in [0.05, 0.1) is 18.7 Å². The predicted octanol–water partition coefficient (Wildman–Crippen LogP) is 0.998. The van der Waals surface area contributed by atoms with E-state index < -0.39 is 5.82 Å². The lowest BCUT2D eigenvalue weighted by atomic mass is 10.1. The van der Waals surface area contributed by atoms with Crippen LogP contribution in [0, 0.1) is 17.7 Å². The summed E-state index contributed by atoms with van der Waals surface area (Å²) in [6.45, 7) is 2.41. The van der Waals surface area contributed by atoms with Crippen LogP contribution in [0.3, 0.4) is 0 Å². The van der Waals surface area contributed by atoms with Crippen molar-refractivity contribution in [3.05, 3.63) is 35.1 Å². The quantitative estimate of drug-likeness (QED) is 0.779. The Labute approximate surface area is 117 Å². The zero-order chi connectivity index (χ0) is 14.4. The summed E-state index contributed by atoms with van der Waals surface area (Å²) in [4.78, 5) is 14.0. The van der Waals surface area contributed by atoms with Gasteiger partial charge in [0.1, 0.15) is 5.82 Å². The van der Waals surface area contributed by atoms with Gasteiger partial charge in [-0.1, -0.05) is 11.8 Å². The maximum Gasteiger partial charge on any atom is 0.256 e. The Kier molecular flexibility index (Phi) is 5.10. The Hall–Kier alpha value is -1.90. The molecule has 2 rings (SSSR count). The molecule has 20 heavy (non-hydrogen) atoms. The van der Waals surface area contributed by atoms with Crippen LogP contribution in [0.4, 0.5) is 4.39 Å². The van der Waals surface area contributed by atoms with E-state index in [0.29, 0.717) is 31.9 Å². The maximum absolute atomic E-state index is 13.8. The van der Waals surface area contributed by atoms with Gasteiger partial charge in [-0.05, 0) is 24.6 Å². The number of carbonyl (C=O) groups excluding carboxylic acids is 1. The predicted molar refractivity (Wildman–Crippen MR) is 73.7 cm³/mol. The fourth-order valence-electron chi connectivity index (χ4n) is 2.04. The molecule has 1 aliphatic heterocycles. The van der Waals surface area contributed by atoms with Crippen molar-refractivity contribution >= 4 is 5.91 Å². The summed E-state index contributed by atoms with van der Waals surface area (Å²) >= 11 is 0. The number of hydrogen-bond donors (Lipinski definition) is 1. The van der Waals surface area contributed by atoms with Crippen LogP contribution in [0.2, 0.25) is 0 Å². The van der Waals surface area contributed by atoms with E-state index in [0.717, 1.165) is 6.42 Å².